The molecule has 0 aromatic heterocycles. The van der Waals surface area contributed by atoms with Gasteiger partial charge in [0.25, 0.3) is 11.6 Å². The second-order valence-corrected chi connectivity index (χ2v) is 4.75. The zero-order valence-corrected chi connectivity index (χ0v) is 11.7. The van der Waals surface area contributed by atoms with Crippen molar-refractivity contribution in [3.63, 3.8) is 0 Å². The fraction of sp³-hybridized carbons (Fsp3) is 0.462. The minimum Gasteiger partial charge on any atom is -0.394 e. The normalized spacial score (nSPS) is 12.1. The third-order valence-electron chi connectivity index (χ3n) is 3.02. The topological polar surface area (TPSA) is 104 Å². The Bertz CT molecular complexity index is 502. The Hall–Kier alpha value is -2.15. The maximum Gasteiger partial charge on any atom is 0.292 e. The first-order valence-corrected chi connectivity index (χ1v) is 6.28. The van der Waals surface area contributed by atoms with Gasteiger partial charge < -0.3 is 15.7 Å². The number of rotatable bonds is 6. The lowest BCUT2D eigenvalue weighted by atomic mass is 10.0. The monoisotopic (exact) mass is 281 g/mol. The van der Waals surface area contributed by atoms with Crippen LogP contribution in [-0.4, -0.2) is 35.6 Å². The number of hydrogen-bond donors (Lipinski definition) is 3. The molecule has 7 nitrogen and oxygen atoms in total. The van der Waals surface area contributed by atoms with Crippen molar-refractivity contribution in [2.24, 2.45) is 5.92 Å². The van der Waals surface area contributed by atoms with E-state index < -0.39 is 4.92 Å². The highest BCUT2D eigenvalue weighted by Crippen LogP contribution is 2.27. The van der Waals surface area contributed by atoms with Crippen molar-refractivity contribution in [1.82, 2.24) is 5.32 Å². The number of aliphatic hydroxyl groups excluding tert-OH is 1. The van der Waals surface area contributed by atoms with Crippen molar-refractivity contribution < 1.29 is 14.8 Å². The molecule has 0 aliphatic carbocycles. The third-order valence-corrected chi connectivity index (χ3v) is 3.02. The first-order valence-electron chi connectivity index (χ1n) is 6.28. The van der Waals surface area contributed by atoms with Crippen molar-refractivity contribution in [2.45, 2.75) is 19.9 Å². The number of nitro groups is 1. The smallest absolute Gasteiger partial charge is 0.292 e. The van der Waals surface area contributed by atoms with Crippen LogP contribution in [0.2, 0.25) is 0 Å². The zero-order valence-electron chi connectivity index (χ0n) is 11.7. The Kier molecular flexibility index (Phi) is 5.45. The maximum absolute atomic E-state index is 11.6. The summed E-state index contributed by atoms with van der Waals surface area (Å²) in [4.78, 5) is 22.1. The number of aliphatic hydroxyl groups is 1. The number of anilines is 1. The Morgan fingerprint density at radius 1 is 1.45 bits per heavy atom. The summed E-state index contributed by atoms with van der Waals surface area (Å²) in [6.07, 6.45) is 0. The van der Waals surface area contributed by atoms with Crippen LogP contribution >= 0.6 is 0 Å². The van der Waals surface area contributed by atoms with Crippen LogP contribution in [0.15, 0.2) is 18.2 Å². The summed E-state index contributed by atoms with van der Waals surface area (Å²) in [6, 6.07) is 3.77. The fourth-order valence-corrected chi connectivity index (χ4v) is 1.72. The Balaban J connectivity index is 3.18. The number of nitrogens with zero attached hydrogens (tertiary/aromatic N) is 1. The molecule has 7 heteroatoms. The molecule has 0 bridgehead atoms. The second-order valence-electron chi connectivity index (χ2n) is 4.75. The van der Waals surface area contributed by atoms with E-state index in [0.29, 0.717) is 5.56 Å². The fourth-order valence-electron chi connectivity index (χ4n) is 1.72. The predicted molar refractivity (Wildman–Crippen MR) is 75.8 cm³/mol. The van der Waals surface area contributed by atoms with E-state index in [4.69, 9.17) is 0 Å². The summed E-state index contributed by atoms with van der Waals surface area (Å²) in [6.45, 7) is 3.63. The van der Waals surface area contributed by atoms with Crippen molar-refractivity contribution >= 4 is 17.3 Å². The molecule has 1 aromatic rings. The lowest BCUT2D eigenvalue weighted by Crippen LogP contribution is -2.30. The number of benzene rings is 1. The Labute approximate surface area is 117 Å². The number of nitro benzene ring substituents is 1. The van der Waals surface area contributed by atoms with Gasteiger partial charge in [-0.2, -0.15) is 0 Å². The minimum atomic E-state index is -0.523. The molecule has 0 saturated heterocycles. The van der Waals surface area contributed by atoms with Crippen molar-refractivity contribution in [1.29, 1.82) is 0 Å². The molecular weight excluding hydrogens is 262 g/mol. The lowest BCUT2D eigenvalue weighted by Gasteiger charge is -2.21. The van der Waals surface area contributed by atoms with Crippen LogP contribution in [-0.2, 0) is 0 Å². The van der Waals surface area contributed by atoms with Gasteiger partial charge in [-0.15, -0.1) is 0 Å². The van der Waals surface area contributed by atoms with Gasteiger partial charge in [-0.3, -0.25) is 14.9 Å². The van der Waals surface area contributed by atoms with Gasteiger partial charge in [-0.1, -0.05) is 13.8 Å². The Morgan fingerprint density at radius 3 is 2.55 bits per heavy atom. The first kappa shape index (κ1) is 15.9. The molecular formula is C13H19N3O4. The summed E-state index contributed by atoms with van der Waals surface area (Å²) in [5.41, 5.74) is 0.418. The number of carbonyl (C=O) groups is 1. The highest BCUT2D eigenvalue weighted by atomic mass is 16.6. The van der Waals surface area contributed by atoms with Gasteiger partial charge in [0.15, 0.2) is 0 Å². The average molecular weight is 281 g/mol. The van der Waals surface area contributed by atoms with E-state index in [1.807, 2.05) is 13.8 Å². The quantitative estimate of drug-likeness (QED) is 0.540. The van der Waals surface area contributed by atoms with E-state index in [0.717, 1.165) is 0 Å². The molecule has 0 fully saturated rings. The molecule has 1 atom stereocenters. The molecule has 3 N–H and O–H groups in total. The van der Waals surface area contributed by atoms with Crippen molar-refractivity contribution in [3.8, 4) is 0 Å². The van der Waals surface area contributed by atoms with Gasteiger partial charge in [0.2, 0.25) is 0 Å². The van der Waals surface area contributed by atoms with Gasteiger partial charge in [0, 0.05) is 18.7 Å². The van der Waals surface area contributed by atoms with Crippen LogP contribution < -0.4 is 10.6 Å². The largest absolute Gasteiger partial charge is 0.394 e. The summed E-state index contributed by atoms with van der Waals surface area (Å²) in [5.74, 6) is -0.240. The average Bonchev–Trinajstić information content (AvgIpc) is 2.42. The SMILES string of the molecule is CNC(=O)c1ccc([N+](=O)[O-])c(NC(CO)C(C)C)c1. The van der Waals surface area contributed by atoms with Gasteiger partial charge in [0.1, 0.15) is 5.69 Å². The molecule has 0 spiro atoms. The number of hydrogen-bond acceptors (Lipinski definition) is 5. The third kappa shape index (κ3) is 3.67. The predicted octanol–water partition coefficient (Wildman–Crippen LogP) is 1.38. The van der Waals surface area contributed by atoms with E-state index in [9.17, 15) is 20.0 Å². The molecule has 1 aromatic carbocycles. The summed E-state index contributed by atoms with van der Waals surface area (Å²) >= 11 is 0. The molecule has 1 rings (SSSR count). The number of nitrogens with one attached hydrogen (secondary N) is 2. The summed E-state index contributed by atoms with van der Waals surface area (Å²) in [7, 11) is 1.49. The molecule has 110 valence electrons. The minimum absolute atomic E-state index is 0.0864. The molecule has 0 heterocycles. The van der Waals surface area contributed by atoms with Crippen LogP contribution in [0.25, 0.3) is 0 Å². The van der Waals surface area contributed by atoms with Crippen LogP contribution in [0.4, 0.5) is 11.4 Å². The van der Waals surface area contributed by atoms with Crippen LogP contribution in [0.1, 0.15) is 24.2 Å². The zero-order chi connectivity index (χ0) is 15.3. The second kappa shape index (κ2) is 6.85. The van der Waals surface area contributed by atoms with E-state index >= 15 is 0 Å². The number of carbonyl (C=O) groups excluding carboxylic acids is 1. The molecule has 1 unspecified atom stereocenters. The molecule has 0 saturated carbocycles. The van der Waals surface area contributed by atoms with E-state index in [1.54, 1.807) is 0 Å². The molecule has 1 amide bonds. The van der Waals surface area contributed by atoms with Gasteiger partial charge in [-0.25, -0.2) is 0 Å². The first-order chi connectivity index (χ1) is 9.40. The summed E-state index contributed by atoms with van der Waals surface area (Å²) in [5, 5.41) is 25.7. The van der Waals surface area contributed by atoms with Crippen LogP contribution in [0.3, 0.4) is 0 Å². The Morgan fingerprint density at radius 2 is 2.10 bits per heavy atom. The molecule has 20 heavy (non-hydrogen) atoms. The van der Waals surface area contributed by atoms with Crippen LogP contribution in [0, 0.1) is 16.0 Å². The standard InChI is InChI=1S/C13H19N3O4/c1-8(2)11(7-17)15-10-6-9(13(18)14-3)4-5-12(10)16(19)20/h4-6,8,11,15,17H,7H2,1-3H3,(H,14,18). The van der Waals surface area contributed by atoms with Crippen molar-refractivity contribution in [2.75, 3.05) is 19.0 Å². The molecule has 0 aliphatic rings. The molecule has 0 aliphatic heterocycles. The lowest BCUT2D eigenvalue weighted by molar-refractivity contribution is -0.384. The number of amides is 1. The van der Waals surface area contributed by atoms with Crippen LogP contribution in [0.5, 0.6) is 0 Å². The van der Waals surface area contributed by atoms with E-state index in [1.165, 1.54) is 25.2 Å². The van der Waals surface area contributed by atoms with Gasteiger partial charge in [-0.05, 0) is 18.1 Å². The molecule has 0 radical (unpaired) electrons. The van der Waals surface area contributed by atoms with E-state index in [2.05, 4.69) is 10.6 Å². The maximum atomic E-state index is 11.6. The van der Waals surface area contributed by atoms with Gasteiger partial charge in [0.05, 0.1) is 17.6 Å². The summed E-state index contributed by atoms with van der Waals surface area (Å²) < 4.78 is 0. The highest BCUT2D eigenvalue weighted by molar-refractivity contribution is 5.95. The highest BCUT2D eigenvalue weighted by Gasteiger charge is 2.20. The van der Waals surface area contributed by atoms with E-state index in [-0.39, 0.29) is 35.8 Å². The van der Waals surface area contributed by atoms with Crippen molar-refractivity contribution in [3.05, 3.63) is 33.9 Å². The van der Waals surface area contributed by atoms with Gasteiger partial charge >= 0.3 is 0 Å².